The molecule has 0 heterocycles. The van der Waals surface area contributed by atoms with Crippen LogP contribution in [0.5, 0.6) is 0 Å². The van der Waals surface area contributed by atoms with Crippen LogP contribution in [0.3, 0.4) is 0 Å². The van der Waals surface area contributed by atoms with Crippen LogP contribution in [0, 0.1) is 16.0 Å². The third kappa shape index (κ3) is 3.57. The van der Waals surface area contributed by atoms with Crippen LogP contribution >= 0.6 is 15.9 Å². The zero-order valence-electron chi connectivity index (χ0n) is 9.27. The van der Waals surface area contributed by atoms with Gasteiger partial charge >= 0.3 is 0 Å². The highest BCUT2D eigenvalue weighted by Crippen LogP contribution is 2.28. The van der Waals surface area contributed by atoms with Crippen molar-refractivity contribution in [3.63, 3.8) is 0 Å². The van der Waals surface area contributed by atoms with E-state index >= 15 is 0 Å². The molecule has 0 aliphatic rings. The first-order valence-corrected chi connectivity index (χ1v) is 5.81. The second-order valence-electron chi connectivity index (χ2n) is 3.92. The van der Waals surface area contributed by atoms with Gasteiger partial charge in [-0.25, -0.2) is 0 Å². The van der Waals surface area contributed by atoms with E-state index in [1.807, 2.05) is 6.07 Å². The van der Waals surface area contributed by atoms with Gasteiger partial charge in [-0.1, -0.05) is 26.0 Å². The van der Waals surface area contributed by atoms with Crippen molar-refractivity contribution in [2.24, 2.45) is 5.92 Å². The molecule has 1 rings (SSSR count). The summed E-state index contributed by atoms with van der Waals surface area (Å²) in [4.78, 5) is 10.3. The maximum atomic E-state index is 10.7. The zero-order valence-corrected chi connectivity index (χ0v) is 10.9. The van der Waals surface area contributed by atoms with Crippen molar-refractivity contribution in [1.82, 2.24) is 0 Å². The van der Waals surface area contributed by atoms with E-state index in [2.05, 4.69) is 29.8 Å². The van der Waals surface area contributed by atoms with Crippen molar-refractivity contribution in [1.29, 1.82) is 0 Å². The van der Waals surface area contributed by atoms with Gasteiger partial charge < -0.3 is 4.74 Å². The van der Waals surface area contributed by atoms with E-state index in [-0.39, 0.29) is 5.69 Å². The summed E-state index contributed by atoms with van der Waals surface area (Å²) in [5.74, 6) is 0.456. The lowest BCUT2D eigenvalue weighted by Crippen LogP contribution is -2.03. The lowest BCUT2D eigenvalue weighted by atomic mass is 10.2. The second kappa shape index (κ2) is 5.96. The van der Waals surface area contributed by atoms with Crippen molar-refractivity contribution < 1.29 is 9.66 Å². The Balaban J connectivity index is 2.73. The Hall–Kier alpha value is -0.940. The molecule has 0 aromatic heterocycles. The molecule has 0 atom stereocenters. The summed E-state index contributed by atoms with van der Waals surface area (Å²) < 4.78 is 5.95. The van der Waals surface area contributed by atoms with Crippen LogP contribution < -0.4 is 0 Å². The molecule has 0 spiro atoms. The first-order chi connectivity index (χ1) is 7.52. The van der Waals surface area contributed by atoms with Crippen LogP contribution in [0.2, 0.25) is 0 Å². The molecule has 0 N–H and O–H groups in total. The van der Waals surface area contributed by atoms with Crippen LogP contribution in [0.1, 0.15) is 19.4 Å². The molecule has 0 unspecified atom stereocenters. The minimum atomic E-state index is -0.407. The number of benzene rings is 1. The molecule has 0 aliphatic carbocycles. The van der Waals surface area contributed by atoms with E-state index < -0.39 is 4.92 Å². The summed E-state index contributed by atoms with van der Waals surface area (Å²) in [7, 11) is 0. The van der Waals surface area contributed by atoms with Crippen LogP contribution in [0.25, 0.3) is 0 Å². The number of rotatable bonds is 5. The minimum Gasteiger partial charge on any atom is -0.376 e. The van der Waals surface area contributed by atoms with Crippen LogP contribution in [-0.4, -0.2) is 11.5 Å². The fourth-order valence-electron chi connectivity index (χ4n) is 1.22. The van der Waals surface area contributed by atoms with Crippen LogP contribution in [0.4, 0.5) is 5.69 Å². The van der Waals surface area contributed by atoms with Crippen molar-refractivity contribution >= 4 is 21.6 Å². The van der Waals surface area contributed by atoms with Crippen molar-refractivity contribution in [2.75, 3.05) is 6.61 Å². The van der Waals surface area contributed by atoms with Gasteiger partial charge in [-0.2, -0.15) is 0 Å². The highest BCUT2D eigenvalue weighted by atomic mass is 79.9. The Morgan fingerprint density at radius 2 is 2.19 bits per heavy atom. The first-order valence-electron chi connectivity index (χ1n) is 5.02. The highest BCUT2D eigenvalue weighted by molar-refractivity contribution is 9.10. The Morgan fingerprint density at radius 3 is 2.75 bits per heavy atom. The molecule has 5 heteroatoms. The third-order valence-corrected chi connectivity index (χ3v) is 2.88. The van der Waals surface area contributed by atoms with Gasteiger partial charge in [-0.15, -0.1) is 0 Å². The molecule has 1 aromatic rings. The summed E-state index contributed by atoms with van der Waals surface area (Å²) >= 11 is 3.23. The molecule has 0 radical (unpaired) electrons. The number of hydrogen-bond donors (Lipinski definition) is 0. The summed E-state index contributed by atoms with van der Waals surface area (Å²) in [5.41, 5.74) is 0.875. The Labute approximate surface area is 103 Å². The van der Waals surface area contributed by atoms with Crippen molar-refractivity contribution in [3.8, 4) is 0 Å². The molecule has 1 aromatic carbocycles. The van der Waals surface area contributed by atoms with Gasteiger partial charge in [0.2, 0.25) is 0 Å². The van der Waals surface area contributed by atoms with E-state index in [0.717, 1.165) is 5.56 Å². The molecule has 16 heavy (non-hydrogen) atoms. The highest BCUT2D eigenvalue weighted by Gasteiger charge is 2.14. The molecule has 0 amide bonds. The quantitative estimate of drug-likeness (QED) is 0.615. The van der Waals surface area contributed by atoms with Gasteiger partial charge in [0.1, 0.15) is 4.47 Å². The Kier molecular flexibility index (Phi) is 4.89. The van der Waals surface area contributed by atoms with E-state index in [1.165, 1.54) is 6.07 Å². The number of ether oxygens (including phenoxy) is 1. The standard InChI is InChI=1S/C11H14BrNO3/c1-8(2)6-16-7-9-4-3-5-10(11(9)12)13(14)15/h3-5,8H,6-7H2,1-2H3. The smallest absolute Gasteiger partial charge is 0.283 e. The van der Waals surface area contributed by atoms with Gasteiger partial charge in [0.15, 0.2) is 0 Å². The van der Waals surface area contributed by atoms with Crippen molar-refractivity contribution in [2.45, 2.75) is 20.5 Å². The van der Waals surface area contributed by atoms with E-state index in [4.69, 9.17) is 4.74 Å². The topological polar surface area (TPSA) is 52.4 Å². The Morgan fingerprint density at radius 1 is 1.50 bits per heavy atom. The summed E-state index contributed by atoms with van der Waals surface area (Å²) in [6, 6.07) is 4.95. The summed E-state index contributed by atoms with van der Waals surface area (Å²) in [6.07, 6.45) is 0. The average molecular weight is 288 g/mol. The molecular weight excluding hydrogens is 274 g/mol. The van der Waals surface area contributed by atoms with Gasteiger partial charge in [0, 0.05) is 12.7 Å². The molecular formula is C11H14BrNO3. The molecule has 0 fully saturated rings. The maximum Gasteiger partial charge on any atom is 0.283 e. The molecule has 0 aliphatic heterocycles. The average Bonchev–Trinajstić information content (AvgIpc) is 2.19. The second-order valence-corrected chi connectivity index (χ2v) is 4.71. The zero-order chi connectivity index (χ0) is 12.1. The molecule has 0 saturated heterocycles. The number of nitrogens with zero attached hydrogens (tertiary/aromatic N) is 1. The lowest BCUT2D eigenvalue weighted by molar-refractivity contribution is -0.385. The predicted octanol–water partition coefficient (Wildman–Crippen LogP) is 3.53. The summed E-state index contributed by atoms with van der Waals surface area (Å²) in [5, 5.41) is 10.7. The molecule has 0 bridgehead atoms. The maximum absolute atomic E-state index is 10.7. The summed E-state index contributed by atoms with van der Waals surface area (Å²) in [6.45, 7) is 5.15. The van der Waals surface area contributed by atoms with Crippen LogP contribution in [-0.2, 0) is 11.3 Å². The molecule has 88 valence electrons. The largest absolute Gasteiger partial charge is 0.376 e. The Bertz CT molecular complexity index is 379. The molecule has 0 saturated carbocycles. The first kappa shape index (κ1) is 13.1. The fraction of sp³-hybridized carbons (Fsp3) is 0.455. The van der Waals surface area contributed by atoms with Gasteiger partial charge in [0.25, 0.3) is 5.69 Å². The van der Waals surface area contributed by atoms with Gasteiger partial charge in [-0.3, -0.25) is 10.1 Å². The number of hydrogen-bond acceptors (Lipinski definition) is 3. The molecule has 4 nitrogen and oxygen atoms in total. The minimum absolute atomic E-state index is 0.0747. The monoisotopic (exact) mass is 287 g/mol. The number of nitro groups is 1. The van der Waals surface area contributed by atoms with E-state index in [9.17, 15) is 10.1 Å². The van der Waals surface area contributed by atoms with E-state index in [1.54, 1.807) is 6.07 Å². The number of halogens is 1. The number of nitro benzene ring substituents is 1. The SMILES string of the molecule is CC(C)COCc1cccc([N+](=O)[O-])c1Br. The fourth-order valence-corrected chi connectivity index (χ4v) is 1.75. The predicted molar refractivity (Wildman–Crippen MR) is 65.3 cm³/mol. The van der Waals surface area contributed by atoms with E-state index in [0.29, 0.717) is 23.6 Å². The van der Waals surface area contributed by atoms with Gasteiger partial charge in [0.05, 0.1) is 11.5 Å². The normalized spacial score (nSPS) is 10.8. The third-order valence-electron chi connectivity index (χ3n) is 1.96. The lowest BCUT2D eigenvalue weighted by Gasteiger charge is -2.08. The van der Waals surface area contributed by atoms with Crippen LogP contribution in [0.15, 0.2) is 22.7 Å². The van der Waals surface area contributed by atoms with Gasteiger partial charge in [-0.05, 0) is 27.4 Å². The van der Waals surface area contributed by atoms with Crippen molar-refractivity contribution in [3.05, 3.63) is 38.3 Å².